The monoisotopic (exact) mass is 429 g/mol. The maximum Gasteiger partial charge on any atom is 0.416 e. The maximum absolute atomic E-state index is 13.0. The van der Waals surface area contributed by atoms with Crippen molar-refractivity contribution in [2.45, 2.75) is 19.0 Å². The van der Waals surface area contributed by atoms with E-state index in [2.05, 4.69) is 0 Å². The second-order valence-electron chi connectivity index (χ2n) is 7.52. The van der Waals surface area contributed by atoms with Crippen molar-refractivity contribution in [3.8, 4) is 0 Å². The molecule has 1 aromatic heterocycles. The van der Waals surface area contributed by atoms with Crippen LogP contribution in [0.4, 0.5) is 13.2 Å². The van der Waals surface area contributed by atoms with Crippen LogP contribution in [0, 0.1) is 5.92 Å². The van der Waals surface area contributed by atoms with Crippen LogP contribution in [0.25, 0.3) is 11.0 Å². The van der Waals surface area contributed by atoms with Crippen molar-refractivity contribution >= 4 is 22.7 Å². The molecular weight excluding hydrogens is 411 g/mol. The van der Waals surface area contributed by atoms with Crippen LogP contribution in [0.15, 0.2) is 63.8 Å². The van der Waals surface area contributed by atoms with E-state index in [9.17, 15) is 27.6 Å². The molecule has 1 aliphatic heterocycles. The smallest absolute Gasteiger partial charge is 0.416 e. The van der Waals surface area contributed by atoms with Gasteiger partial charge >= 0.3 is 11.8 Å². The van der Waals surface area contributed by atoms with Gasteiger partial charge in [-0.05, 0) is 37.1 Å². The van der Waals surface area contributed by atoms with E-state index in [1.807, 2.05) is 0 Å². The van der Waals surface area contributed by atoms with Crippen LogP contribution >= 0.6 is 0 Å². The second-order valence-corrected chi connectivity index (χ2v) is 7.52. The minimum Gasteiger partial charge on any atom is -0.422 e. The molecule has 1 unspecified atom stereocenters. The predicted octanol–water partition coefficient (Wildman–Crippen LogP) is 4.55. The van der Waals surface area contributed by atoms with Gasteiger partial charge in [0.15, 0.2) is 5.78 Å². The first-order valence-corrected chi connectivity index (χ1v) is 9.77. The van der Waals surface area contributed by atoms with E-state index < -0.39 is 29.2 Å². The molecular formula is C23H18F3NO4. The van der Waals surface area contributed by atoms with Gasteiger partial charge in [-0.15, -0.1) is 0 Å². The van der Waals surface area contributed by atoms with Gasteiger partial charge in [0.05, 0.1) is 5.56 Å². The SMILES string of the molecule is O=C(c1ccc(C(F)(F)F)cc1)C1CCCN(C(=O)c2cc3ccccc3oc2=O)C1. The van der Waals surface area contributed by atoms with Gasteiger partial charge in [-0.1, -0.05) is 30.3 Å². The van der Waals surface area contributed by atoms with Crippen LogP contribution in [0.5, 0.6) is 0 Å². The van der Waals surface area contributed by atoms with E-state index >= 15 is 0 Å². The zero-order valence-electron chi connectivity index (χ0n) is 16.3. The number of likely N-dealkylation sites (tertiary alicyclic amines) is 1. The number of hydrogen-bond donors (Lipinski definition) is 0. The number of piperidine rings is 1. The van der Waals surface area contributed by atoms with Crippen LogP contribution in [0.3, 0.4) is 0 Å². The molecule has 3 aromatic rings. The summed E-state index contributed by atoms with van der Waals surface area (Å²) in [5.74, 6) is -1.40. The van der Waals surface area contributed by atoms with Crippen molar-refractivity contribution in [2.75, 3.05) is 13.1 Å². The fourth-order valence-corrected chi connectivity index (χ4v) is 3.82. The molecule has 0 radical (unpaired) electrons. The minimum absolute atomic E-state index is 0.0882. The molecule has 0 spiro atoms. The van der Waals surface area contributed by atoms with Gasteiger partial charge in [-0.3, -0.25) is 9.59 Å². The molecule has 2 aromatic carbocycles. The lowest BCUT2D eigenvalue weighted by Gasteiger charge is -2.32. The lowest BCUT2D eigenvalue weighted by Crippen LogP contribution is -2.43. The highest BCUT2D eigenvalue weighted by Crippen LogP contribution is 2.30. The van der Waals surface area contributed by atoms with Gasteiger partial charge in [0.25, 0.3) is 5.91 Å². The fourth-order valence-electron chi connectivity index (χ4n) is 3.82. The Kier molecular flexibility index (Phi) is 5.39. The summed E-state index contributed by atoms with van der Waals surface area (Å²) in [6.45, 7) is 0.465. The number of ketones is 1. The van der Waals surface area contributed by atoms with Crippen molar-refractivity contribution in [3.63, 3.8) is 0 Å². The standard InChI is InChI=1S/C23H18F3NO4/c24-23(25,26)17-9-7-14(8-10-17)20(28)16-5-3-11-27(13-16)21(29)18-12-15-4-1-2-6-19(15)31-22(18)30/h1-2,4,6-10,12,16H,3,5,11,13H2. The van der Waals surface area contributed by atoms with E-state index in [4.69, 9.17) is 4.42 Å². The predicted molar refractivity (Wildman–Crippen MR) is 107 cm³/mol. The molecule has 1 amide bonds. The summed E-state index contributed by atoms with van der Waals surface area (Å²) in [5, 5.41) is 0.611. The van der Waals surface area contributed by atoms with E-state index in [-0.39, 0.29) is 23.5 Å². The summed E-state index contributed by atoms with van der Waals surface area (Å²) in [6, 6.07) is 12.4. The lowest BCUT2D eigenvalue weighted by atomic mass is 9.89. The molecule has 2 heterocycles. The lowest BCUT2D eigenvalue weighted by molar-refractivity contribution is -0.137. The number of Topliss-reactive ketones (excluding diaryl/α,β-unsaturated/α-hetero) is 1. The number of fused-ring (bicyclic) bond motifs is 1. The molecule has 160 valence electrons. The van der Waals surface area contributed by atoms with E-state index in [0.29, 0.717) is 30.4 Å². The normalized spacial score (nSPS) is 17.0. The average molecular weight is 429 g/mol. The summed E-state index contributed by atoms with van der Waals surface area (Å²) >= 11 is 0. The molecule has 0 saturated carbocycles. The van der Waals surface area contributed by atoms with Crippen LogP contribution in [-0.4, -0.2) is 29.7 Å². The van der Waals surface area contributed by atoms with Gasteiger partial charge in [-0.25, -0.2) is 4.79 Å². The van der Waals surface area contributed by atoms with Crippen LogP contribution in [-0.2, 0) is 6.18 Å². The molecule has 4 rings (SSSR count). The van der Waals surface area contributed by atoms with Crippen molar-refractivity contribution in [1.82, 2.24) is 4.90 Å². The zero-order valence-corrected chi connectivity index (χ0v) is 16.3. The van der Waals surface area contributed by atoms with Gasteiger partial charge in [-0.2, -0.15) is 13.2 Å². The van der Waals surface area contributed by atoms with Gasteiger partial charge in [0.1, 0.15) is 11.1 Å². The number of halogens is 3. The number of alkyl halides is 3. The third kappa shape index (κ3) is 4.23. The molecule has 1 fully saturated rings. The summed E-state index contributed by atoms with van der Waals surface area (Å²) < 4.78 is 43.5. The van der Waals surface area contributed by atoms with Gasteiger partial charge < -0.3 is 9.32 Å². The number of para-hydroxylation sites is 1. The molecule has 0 N–H and O–H groups in total. The highest BCUT2D eigenvalue weighted by atomic mass is 19.4. The molecule has 0 aliphatic carbocycles. The molecule has 1 saturated heterocycles. The van der Waals surface area contributed by atoms with Crippen LogP contribution in [0.2, 0.25) is 0 Å². The number of carbonyl (C=O) groups excluding carboxylic acids is 2. The van der Waals surface area contributed by atoms with Gasteiger partial charge in [0.2, 0.25) is 0 Å². The number of nitrogens with zero attached hydrogens (tertiary/aromatic N) is 1. The number of amides is 1. The van der Waals surface area contributed by atoms with Crippen LogP contribution in [0.1, 0.15) is 39.1 Å². The van der Waals surface area contributed by atoms with Crippen LogP contribution < -0.4 is 5.63 Å². The first-order chi connectivity index (χ1) is 14.7. The molecule has 31 heavy (non-hydrogen) atoms. The number of benzene rings is 2. The quantitative estimate of drug-likeness (QED) is 0.453. The Morgan fingerprint density at radius 3 is 2.45 bits per heavy atom. The molecule has 5 nitrogen and oxygen atoms in total. The van der Waals surface area contributed by atoms with Gasteiger partial charge in [0, 0.05) is 30.0 Å². The minimum atomic E-state index is -4.48. The first kappa shape index (κ1) is 20.8. The Balaban J connectivity index is 1.53. The Labute approximate surface area is 175 Å². The highest BCUT2D eigenvalue weighted by molar-refractivity contribution is 6.00. The zero-order chi connectivity index (χ0) is 22.2. The third-order valence-corrected chi connectivity index (χ3v) is 5.45. The summed E-state index contributed by atoms with van der Waals surface area (Å²) in [6.07, 6.45) is -3.42. The third-order valence-electron chi connectivity index (χ3n) is 5.45. The number of rotatable bonds is 3. The summed E-state index contributed by atoms with van der Waals surface area (Å²) in [5.41, 5.74) is -1.15. The van der Waals surface area contributed by atoms with E-state index in [1.54, 1.807) is 24.3 Å². The molecule has 1 aliphatic rings. The molecule has 1 atom stereocenters. The molecule has 0 bridgehead atoms. The topological polar surface area (TPSA) is 67.6 Å². The number of hydrogen-bond acceptors (Lipinski definition) is 4. The average Bonchev–Trinajstić information content (AvgIpc) is 2.77. The molecule has 8 heteroatoms. The van der Waals surface area contributed by atoms with Crippen molar-refractivity contribution in [3.05, 3.63) is 81.7 Å². The van der Waals surface area contributed by atoms with E-state index in [0.717, 1.165) is 24.3 Å². The Morgan fingerprint density at radius 1 is 1.03 bits per heavy atom. The summed E-state index contributed by atoms with van der Waals surface area (Å²) in [7, 11) is 0. The summed E-state index contributed by atoms with van der Waals surface area (Å²) in [4.78, 5) is 39.5. The maximum atomic E-state index is 13.0. The highest BCUT2D eigenvalue weighted by Gasteiger charge is 2.33. The Morgan fingerprint density at radius 2 is 1.74 bits per heavy atom. The first-order valence-electron chi connectivity index (χ1n) is 9.77. The van der Waals surface area contributed by atoms with Crippen molar-refractivity contribution in [2.24, 2.45) is 5.92 Å². The second kappa shape index (κ2) is 8.02. The number of carbonyl (C=O) groups is 2. The van der Waals surface area contributed by atoms with Crippen molar-refractivity contribution < 1.29 is 27.2 Å². The fraction of sp³-hybridized carbons (Fsp3) is 0.261. The van der Waals surface area contributed by atoms with E-state index in [1.165, 1.54) is 11.0 Å². The Bertz CT molecular complexity index is 1200. The van der Waals surface area contributed by atoms with Crippen molar-refractivity contribution in [1.29, 1.82) is 0 Å². The Hall–Kier alpha value is -3.42. The largest absolute Gasteiger partial charge is 0.422 e.